The molecule has 0 aliphatic heterocycles. The zero-order chi connectivity index (χ0) is 39.5. The first-order valence-electron chi connectivity index (χ1n) is 18.1. The molecule has 0 amide bonds. The second-order valence-corrected chi connectivity index (χ2v) is 13.6. The van der Waals surface area contributed by atoms with Crippen molar-refractivity contribution in [2.24, 2.45) is 0 Å². The number of halogens is 3. The van der Waals surface area contributed by atoms with Gasteiger partial charge in [-0.1, -0.05) is 60.7 Å². The lowest BCUT2D eigenvalue weighted by atomic mass is 9.94. The average Bonchev–Trinajstić information content (AvgIpc) is 3.77. The van der Waals surface area contributed by atoms with E-state index in [4.69, 9.17) is 13.1 Å². The summed E-state index contributed by atoms with van der Waals surface area (Å²) in [5.41, 5.74) is 3.84. The Bertz CT molecular complexity index is 3360. The van der Waals surface area contributed by atoms with Crippen molar-refractivity contribution in [2.75, 3.05) is 0 Å². The Labute approximate surface area is 328 Å². The first kappa shape index (κ1) is 34.3. The maximum Gasteiger partial charge on any atom is 0.415 e. The van der Waals surface area contributed by atoms with Crippen molar-refractivity contribution in [1.82, 2.24) is 29.1 Å². The van der Waals surface area contributed by atoms with Gasteiger partial charge in [0.05, 0.1) is 52.1 Å². The van der Waals surface area contributed by atoms with Gasteiger partial charge in [-0.05, 0) is 72.3 Å². The molecule has 4 aromatic heterocycles. The number of nitrogens with zero attached hydrogens (tertiary/aromatic N) is 8. The number of para-hydroxylation sites is 2. The summed E-state index contributed by atoms with van der Waals surface area (Å²) in [6.45, 7) is 16.9. The molecule has 10 rings (SSSR count). The third-order valence-electron chi connectivity index (χ3n) is 10.4. The molecule has 0 fully saturated rings. The summed E-state index contributed by atoms with van der Waals surface area (Å²) < 4.78 is 48.9. The predicted molar refractivity (Wildman–Crippen MR) is 220 cm³/mol. The highest BCUT2D eigenvalue weighted by Gasteiger charge is 2.36. The van der Waals surface area contributed by atoms with Crippen molar-refractivity contribution in [3.05, 3.63) is 181 Å². The molecule has 0 unspecified atom stereocenters. The van der Waals surface area contributed by atoms with Gasteiger partial charge in [-0.2, -0.15) is 13.2 Å². The van der Waals surface area contributed by atoms with Crippen LogP contribution in [-0.2, 0) is 6.18 Å². The van der Waals surface area contributed by atoms with Crippen LogP contribution in [0.5, 0.6) is 0 Å². The van der Waals surface area contributed by atoms with E-state index in [1.807, 2.05) is 94.1 Å². The highest BCUT2D eigenvalue weighted by Crippen LogP contribution is 2.50. The molecule has 0 spiro atoms. The number of hydrogen-bond acceptors (Lipinski definition) is 4. The molecule has 0 saturated heterocycles. The number of rotatable bonds is 5. The number of fused-ring (bicyclic) bond motifs is 6. The van der Waals surface area contributed by atoms with Crippen LogP contribution >= 0.6 is 0 Å². The molecule has 0 aliphatic rings. The summed E-state index contributed by atoms with van der Waals surface area (Å²) in [4.78, 5) is 25.6. The Morgan fingerprint density at radius 3 is 1.59 bits per heavy atom. The van der Waals surface area contributed by atoms with E-state index in [1.165, 1.54) is 12.1 Å². The van der Waals surface area contributed by atoms with Crippen LogP contribution in [0.1, 0.15) is 5.56 Å². The summed E-state index contributed by atoms with van der Waals surface area (Å²) in [5.74, 6) is 1.07. The molecule has 0 bridgehead atoms. The van der Waals surface area contributed by atoms with E-state index >= 15 is 13.2 Å². The third kappa shape index (κ3) is 5.29. The zero-order valence-corrected chi connectivity index (χ0v) is 30.1. The van der Waals surface area contributed by atoms with Crippen LogP contribution < -0.4 is 0 Å². The standard InChI is InChI=1S/C47H25F3N8/c1-51-36-13-7-12-35(47(48,49)50)42(36)32-18-21-41(57-37-14-5-3-10-30(37)33-26-28(16-19-39(33)57)45-53-22-8-23-54-45)43(52-2)44(32)58-38-15-6-4-11-31(38)34-27-29(17-20-40(34)58)46-55-24-9-25-56-46/h3-27H. The van der Waals surface area contributed by atoms with E-state index in [0.29, 0.717) is 28.4 Å². The number of alkyl halides is 3. The Morgan fingerprint density at radius 1 is 0.500 bits per heavy atom. The molecule has 274 valence electrons. The second kappa shape index (κ2) is 13.3. The number of hydrogen-bond donors (Lipinski definition) is 0. The van der Waals surface area contributed by atoms with Crippen LogP contribution in [0, 0.1) is 13.1 Å². The molecule has 10 aromatic rings. The van der Waals surface area contributed by atoms with Gasteiger partial charge < -0.3 is 9.13 Å². The van der Waals surface area contributed by atoms with Gasteiger partial charge in [0.2, 0.25) is 5.69 Å². The minimum atomic E-state index is -4.80. The van der Waals surface area contributed by atoms with E-state index in [1.54, 1.807) is 49.1 Å². The van der Waals surface area contributed by atoms with Crippen LogP contribution in [0.2, 0.25) is 0 Å². The maximum atomic E-state index is 15.0. The largest absolute Gasteiger partial charge is 0.415 e. The molecule has 0 N–H and O–H groups in total. The molecular weight excluding hydrogens is 734 g/mol. The summed E-state index contributed by atoms with van der Waals surface area (Å²) >= 11 is 0. The van der Waals surface area contributed by atoms with Gasteiger partial charge in [-0.15, -0.1) is 0 Å². The third-order valence-corrected chi connectivity index (χ3v) is 10.4. The van der Waals surface area contributed by atoms with Gasteiger partial charge >= 0.3 is 6.18 Å². The molecule has 4 heterocycles. The van der Waals surface area contributed by atoms with E-state index in [0.717, 1.165) is 49.8 Å². The zero-order valence-electron chi connectivity index (χ0n) is 30.1. The lowest BCUT2D eigenvalue weighted by Gasteiger charge is -2.23. The molecule has 0 saturated carbocycles. The van der Waals surface area contributed by atoms with Gasteiger partial charge in [-0.25, -0.2) is 29.6 Å². The molecule has 0 atom stereocenters. The van der Waals surface area contributed by atoms with Crippen molar-refractivity contribution in [2.45, 2.75) is 6.18 Å². The number of benzene rings is 6. The smallest absolute Gasteiger partial charge is 0.319 e. The van der Waals surface area contributed by atoms with Crippen LogP contribution in [0.15, 0.2) is 152 Å². The first-order valence-corrected chi connectivity index (χ1v) is 18.1. The predicted octanol–water partition coefficient (Wildman–Crippen LogP) is 12.6. The van der Waals surface area contributed by atoms with E-state index < -0.39 is 11.7 Å². The molecule has 6 aromatic carbocycles. The van der Waals surface area contributed by atoms with Crippen LogP contribution in [0.4, 0.5) is 24.5 Å². The normalized spacial score (nSPS) is 11.7. The molecule has 8 nitrogen and oxygen atoms in total. The van der Waals surface area contributed by atoms with Crippen LogP contribution in [0.25, 0.3) is 98.6 Å². The van der Waals surface area contributed by atoms with Crippen molar-refractivity contribution in [3.63, 3.8) is 0 Å². The molecule has 58 heavy (non-hydrogen) atoms. The van der Waals surface area contributed by atoms with Gasteiger partial charge in [0, 0.05) is 63.0 Å². The molecule has 0 radical (unpaired) electrons. The summed E-state index contributed by atoms with van der Waals surface area (Å²) in [7, 11) is 0. The SMILES string of the molecule is [C-]#[N+]c1cccc(C(F)(F)F)c1-c1ccc(-n2c3ccccc3c3cc(-c4ncccn4)ccc32)c([N+]#[C-])c1-n1c2ccccc2c2cc(-c3ncccn3)ccc21. The Hall–Kier alpha value is -8.15. The van der Waals surface area contributed by atoms with Crippen molar-refractivity contribution >= 4 is 55.0 Å². The van der Waals surface area contributed by atoms with Crippen LogP contribution in [-0.4, -0.2) is 29.1 Å². The number of aromatic nitrogens is 6. The average molecular weight is 759 g/mol. The van der Waals surface area contributed by atoms with Crippen molar-refractivity contribution in [1.29, 1.82) is 0 Å². The van der Waals surface area contributed by atoms with Crippen LogP contribution in [0.3, 0.4) is 0 Å². The minimum Gasteiger partial charge on any atom is -0.319 e. The fourth-order valence-corrected chi connectivity index (χ4v) is 8.06. The monoisotopic (exact) mass is 758 g/mol. The minimum absolute atomic E-state index is 0.0936. The fraction of sp³-hybridized carbons (Fsp3) is 0.0213. The molecule has 0 aliphatic carbocycles. The van der Waals surface area contributed by atoms with E-state index in [-0.39, 0.29) is 28.2 Å². The van der Waals surface area contributed by atoms with Gasteiger partial charge in [0.1, 0.15) is 0 Å². The Kier molecular flexibility index (Phi) is 7.85. The topological polar surface area (TPSA) is 70.1 Å². The first-order chi connectivity index (χ1) is 28.4. The lowest BCUT2D eigenvalue weighted by molar-refractivity contribution is -0.137. The Morgan fingerprint density at radius 2 is 1.03 bits per heavy atom. The lowest BCUT2D eigenvalue weighted by Crippen LogP contribution is -2.09. The van der Waals surface area contributed by atoms with Gasteiger partial charge in [0.25, 0.3) is 0 Å². The van der Waals surface area contributed by atoms with E-state index in [9.17, 15) is 0 Å². The molecular formula is C47H25F3N8. The maximum absolute atomic E-state index is 15.0. The summed E-state index contributed by atoms with van der Waals surface area (Å²) in [5, 5.41) is 3.38. The fourth-order valence-electron chi connectivity index (χ4n) is 8.06. The van der Waals surface area contributed by atoms with Gasteiger partial charge in [-0.3, -0.25) is 0 Å². The Balaban J connectivity index is 1.35. The van der Waals surface area contributed by atoms with Crippen molar-refractivity contribution < 1.29 is 13.2 Å². The summed E-state index contributed by atoms with van der Waals surface area (Å²) in [6.07, 6.45) is 1.88. The molecule has 11 heteroatoms. The second-order valence-electron chi connectivity index (χ2n) is 13.6. The quantitative estimate of drug-likeness (QED) is 0.164. The van der Waals surface area contributed by atoms with E-state index in [2.05, 4.69) is 29.6 Å². The van der Waals surface area contributed by atoms with Gasteiger partial charge in [0.15, 0.2) is 17.3 Å². The summed E-state index contributed by atoms with van der Waals surface area (Å²) in [6, 6.07) is 37.4. The van der Waals surface area contributed by atoms with Crippen molar-refractivity contribution in [3.8, 4) is 45.3 Å². The highest BCUT2D eigenvalue weighted by atomic mass is 19.4. The highest BCUT2D eigenvalue weighted by molar-refractivity contribution is 6.14.